The Morgan fingerprint density at radius 2 is 1.63 bits per heavy atom. The van der Waals surface area contributed by atoms with Gasteiger partial charge in [-0.15, -0.1) is 0 Å². The number of halogens is 1. The second-order valence-corrected chi connectivity index (χ2v) is 7.81. The van der Waals surface area contributed by atoms with Gasteiger partial charge in [0.25, 0.3) is 0 Å². The number of para-hydroxylation sites is 1. The summed E-state index contributed by atoms with van der Waals surface area (Å²) in [6.45, 7) is 0. The fraction of sp³-hybridized carbons (Fsp3) is 0.0455. The van der Waals surface area contributed by atoms with Crippen LogP contribution in [0.4, 0.5) is 15.8 Å². The van der Waals surface area contributed by atoms with Crippen LogP contribution in [0.2, 0.25) is 0 Å². The molecule has 2 aliphatic rings. The number of carbonyl (C=O) groups is 1. The van der Waals surface area contributed by atoms with E-state index in [1.54, 1.807) is 6.07 Å². The normalized spacial score (nSPS) is 20.2. The summed E-state index contributed by atoms with van der Waals surface area (Å²) in [6.07, 6.45) is 1.95. The maximum Gasteiger partial charge on any atom is 0.249 e. The lowest BCUT2D eigenvalue weighted by Gasteiger charge is -2.22. The van der Waals surface area contributed by atoms with Gasteiger partial charge in [-0.3, -0.25) is 4.79 Å². The van der Waals surface area contributed by atoms with Gasteiger partial charge in [0.1, 0.15) is 10.6 Å². The largest absolute Gasteiger partial charge is 0.354 e. The summed E-state index contributed by atoms with van der Waals surface area (Å²) in [4.78, 5) is 13.8. The Hall–Kier alpha value is -3.05. The minimum atomic E-state index is -0.964. The van der Waals surface area contributed by atoms with E-state index in [1.807, 2.05) is 60.7 Å². The molecule has 2 N–H and O–H groups in total. The van der Waals surface area contributed by atoms with Gasteiger partial charge in [0, 0.05) is 21.8 Å². The number of carbonyl (C=O) groups excluding carboxylic acids is 1. The molecule has 3 aromatic carbocycles. The second kappa shape index (κ2) is 5.99. The van der Waals surface area contributed by atoms with Crippen LogP contribution in [0.3, 0.4) is 0 Å². The van der Waals surface area contributed by atoms with Gasteiger partial charge < -0.3 is 10.6 Å². The first-order valence-corrected chi connectivity index (χ1v) is 9.42. The van der Waals surface area contributed by atoms with Crippen molar-refractivity contribution >= 4 is 34.7 Å². The minimum absolute atomic E-state index is 0.124. The number of thioether (sulfide) groups is 1. The van der Waals surface area contributed by atoms with E-state index >= 15 is 0 Å². The molecule has 5 rings (SSSR count). The average Bonchev–Trinajstić information content (AvgIpc) is 2.84. The molecule has 0 aliphatic carbocycles. The summed E-state index contributed by atoms with van der Waals surface area (Å²) in [5, 5.41) is 6.38. The fourth-order valence-electron chi connectivity index (χ4n) is 3.54. The van der Waals surface area contributed by atoms with Crippen molar-refractivity contribution in [1.29, 1.82) is 0 Å². The third-order valence-electron chi connectivity index (χ3n) is 4.83. The first-order chi connectivity index (χ1) is 13.2. The summed E-state index contributed by atoms with van der Waals surface area (Å²) in [7, 11) is 0. The average molecular weight is 374 g/mol. The summed E-state index contributed by atoms with van der Waals surface area (Å²) in [5.74, 6) is -0.450. The van der Waals surface area contributed by atoms with Crippen LogP contribution in [0.15, 0.2) is 83.8 Å². The molecule has 3 aromatic rings. The Labute approximate surface area is 160 Å². The topological polar surface area (TPSA) is 41.1 Å². The molecule has 2 heterocycles. The Balaban J connectivity index is 1.78. The van der Waals surface area contributed by atoms with Gasteiger partial charge in [-0.2, -0.15) is 0 Å². The van der Waals surface area contributed by atoms with Crippen LogP contribution in [0.5, 0.6) is 0 Å². The maximum absolute atomic E-state index is 14.0. The molecule has 132 valence electrons. The molecule has 0 bridgehead atoms. The summed E-state index contributed by atoms with van der Waals surface area (Å²) in [6, 6.07) is 22.1. The van der Waals surface area contributed by atoms with Gasteiger partial charge in [-0.25, -0.2) is 4.39 Å². The van der Waals surface area contributed by atoms with Crippen molar-refractivity contribution in [2.24, 2.45) is 0 Å². The van der Waals surface area contributed by atoms with Crippen molar-refractivity contribution in [2.45, 2.75) is 9.64 Å². The van der Waals surface area contributed by atoms with Gasteiger partial charge in [0.15, 0.2) is 0 Å². The molecular formula is C22H15FN2OS. The molecule has 0 saturated heterocycles. The number of nitrogens with one attached hydrogen (secondary N) is 2. The van der Waals surface area contributed by atoms with Gasteiger partial charge in [0.2, 0.25) is 5.91 Å². The van der Waals surface area contributed by atoms with E-state index in [-0.39, 0.29) is 11.7 Å². The molecule has 0 aromatic heterocycles. The van der Waals surface area contributed by atoms with Crippen LogP contribution in [0.1, 0.15) is 11.1 Å². The second-order valence-electron chi connectivity index (χ2n) is 6.53. The SMILES string of the molecule is O=C1Nc2ccccc2C12C=C(c1ccccc1)Nc1ccc(F)cc1S2. The van der Waals surface area contributed by atoms with Crippen LogP contribution in [-0.4, -0.2) is 5.91 Å². The molecule has 0 fully saturated rings. The van der Waals surface area contributed by atoms with Gasteiger partial charge in [0.05, 0.1) is 5.69 Å². The van der Waals surface area contributed by atoms with Crippen LogP contribution in [0.25, 0.3) is 5.70 Å². The highest BCUT2D eigenvalue weighted by molar-refractivity contribution is 8.01. The maximum atomic E-state index is 14.0. The molecule has 1 amide bonds. The van der Waals surface area contributed by atoms with Crippen LogP contribution >= 0.6 is 11.8 Å². The highest BCUT2D eigenvalue weighted by Crippen LogP contribution is 2.54. The van der Waals surface area contributed by atoms with E-state index in [0.29, 0.717) is 4.90 Å². The zero-order valence-electron chi connectivity index (χ0n) is 14.2. The standard InChI is InChI=1S/C22H15FN2OS/c23-15-10-11-18-20(12-15)27-22(13-19(24-18)14-6-2-1-3-7-14)16-8-4-5-9-17(16)25-21(22)26/h1-13,24H,(H,25,26). The van der Waals surface area contributed by atoms with E-state index in [1.165, 1.54) is 23.9 Å². The summed E-state index contributed by atoms with van der Waals surface area (Å²) < 4.78 is 13.0. The van der Waals surface area contributed by atoms with Crippen LogP contribution in [-0.2, 0) is 9.54 Å². The highest BCUT2D eigenvalue weighted by atomic mass is 32.2. The summed E-state index contributed by atoms with van der Waals surface area (Å²) >= 11 is 1.36. The predicted molar refractivity (Wildman–Crippen MR) is 107 cm³/mol. The van der Waals surface area contributed by atoms with E-state index in [2.05, 4.69) is 10.6 Å². The first-order valence-electron chi connectivity index (χ1n) is 8.60. The number of hydrogen-bond donors (Lipinski definition) is 2. The number of fused-ring (bicyclic) bond motifs is 3. The zero-order valence-corrected chi connectivity index (χ0v) is 15.0. The monoisotopic (exact) mass is 374 g/mol. The van der Waals surface area contributed by atoms with Crippen molar-refractivity contribution in [3.05, 3.63) is 95.8 Å². The Morgan fingerprint density at radius 3 is 2.48 bits per heavy atom. The minimum Gasteiger partial charge on any atom is -0.354 e. The molecule has 0 saturated carbocycles. The van der Waals surface area contributed by atoms with E-state index in [9.17, 15) is 9.18 Å². The van der Waals surface area contributed by atoms with Crippen molar-refractivity contribution in [3.8, 4) is 0 Å². The van der Waals surface area contributed by atoms with E-state index in [4.69, 9.17) is 0 Å². The number of amides is 1. The summed E-state index contributed by atoms with van der Waals surface area (Å²) in [5.41, 5.74) is 4.24. The molecule has 5 heteroatoms. The molecule has 1 unspecified atom stereocenters. The van der Waals surface area contributed by atoms with Crippen molar-refractivity contribution < 1.29 is 9.18 Å². The smallest absolute Gasteiger partial charge is 0.249 e. The molecule has 2 aliphatic heterocycles. The fourth-order valence-corrected chi connectivity index (χ4v) is 4.90. The van der Waals surface area contributed by atoms with Crippen LogP contribution in [0, 0.1) is 5.82 Å². The lowest BCUT2D eigenvalue weighted by Crippen LogP contribution is -2.29. The zero-order chi connectivity index (χ0) is 18.4. The van der Waals surface area contributed by atoms with Crippen molar-refractivity contribution in [1.82, 2.24) is 0 Å². The highest BCUT2D eigenvalue weighted by Gasteiger charge is 2.48. The number of benzene rings is 3. The molecule has 3 nitrogen and oxygen atoms in total. The lowest BCUT2D eigenvalue weighted by molar-refractivity contribution is -0.116. The van der Waals surface area contributed by atoms with Crippen molar-refractivity contribution in [3.63, 3.8) is 0 Å². The number of hydrogen-bond acceptors (Lipinski definition) is 3. The lowest BCUT2D eigenvalue weighted by atomic mass is 9.96. The Kier molecular flexibility index (Phi) is 3.58. The quantitative estimate of drug-likeness (QED) is 0.613. The Bertz CT molecular complexity index is 1100. The molecule has 1 atom stereocenters. The third kappa shape index (κ3) is 2.54. The first kappa shape index (κ1) is 16.1. The molecule has 27 heavy (non-hydrogen) atoms. The molecular weight excluding hydrogens is 359 g/mol. The third-order valence-corrected chi connectivity index (χ3v) is 6.23. The predicted octanol–water partition coefficient (Wildman–Crippen LogP) is 5.23. The van der Waals surface area contributed by atoms with E-state index < -0.39 is 4.75 Å². The van der Waals surface area contributed by atoms with Crippen LogP contribution < -0.4 is 10.6 Å². The molecule has 1 spiro atoms. The molecule has 0 radical (unpaired) electrons. The number of anilines is 2. The Morgan fingerprint density at radius 1 is 0.852 bits per heavy atom. The van der Waals surface area contributed by atoms with Crippen molar-refractivity contribution in [2.75, 3.05) is 10.6 Å². The number of rotatable bonds is 1. The van der Waals surface area contributed by atoms with Gasteiger partial charge in [-0.05, 0) is 35.9 Å². The van der Waals surface area contributed by atoms with E-state index in [0.717, 1.165) is 28.2 Å². The van der Waals surface area contributed by atoms with Gasteiger partial charge in [-0.1, -0.05) is 60.3 Å². The van der Waals surface area contributed by atoms with Gasteiger partial charge >= 0.3 is 0 Å².